The van der Waals surface area contributed by atoms with Gasteiger partial charge in [-0.2, -0.15) is 0 Å². The van der Waals surface area contributed by atoms with Crippen LogP contribution in [-0.4, -0.2) is 31.1 Å². The number of hydrogen-bond acceptors (Lipinski definition) is 5. The molecule has 0 bridgehead atoms. The summed E-state index contributed by atoms with van der Waals surface area (Å²) in [7, 11) is 1.28. The lowest BCUT2D eigenvalue weighted by Crippen LogP contribution is -2.59. The van der Waals surface area contributed by atoms with E-state index in [1.54, 1.807) is 12.1 Å². The van der Waals surface area contributed by atoms with E-state index in [0.717, 1.165) is 31.5 Å². The molecule has 6 nitrogen and oxygen atoms in total. The van der Waals surface area contributed by atoms with Gasteiger partial charge in [-0.3, -0.25) is 14.9 Å². The van der Waals surface area contributed by atoms with Gasteiger partial charge in [0.2, 0.25) is 0 Å². The number of ether oxygens (including phenoxy) is 1. The first kappa shape index (κ1) is 14.0. The number of carbonyl (C=O) groups is 1. The van der Waals surface area contributed by atoms with Gasteiger partial charge >= 0.3 is 5.97 Å². The molecule has 1 saturated carbocycles. The maximum atomic E-state index is 11.3. The number of nitrogens with one attached hydrogen (secondary N) is 1. The summed E-state index contributed by atoms with van der Waals surface area (Å²) in [4.78, 5) is 22.1. The quantitative estimate of drug-likeness (QED) is 0.519. The zero-order valence-electron chi connectivity index (χ0n) is 11.9. The van der Waals surface area contributed by atoms with Gasteiger partial charge in [-0.05, 0) is 29.7 Å². The number of hydrogen-bond donors (Lipinski definition) is 1. The highest BCUT2D eigenvalue weighted by Gasteiger charge is 2.48. The molecule has 1 aromatic rings. The lowest BCUT2D eigenvalue weighted by molar-refractivity contribution is -0.385. The van der Waals surface area contributed by atoms with E-state index < -0.39 is 10.9 Å². The number of esters is 1. The molecule has 112 valence electrons. The normalized spacial score (nSPS) is 19.7. The summed E-state index contributed by atoms with van der Waals surface area (Å²) < 4.78 is 4.58. The van der Waals surface area contributed by atoms with E-state index >= 15 is 0 Å². The Labute approximate surface area is 122 Å². The highest BCUT2D eigenvalue weighted by Crippen LogP contribution is 2.53. The summed E-state index contributed by atoms with van der Waals surface area (Å²) in [5, 5.41) is 14.5. The molecule has 0 unspecified atom stereocenters. The Kier molecular flexibility index (Phi) is 3.41. The maximum absolute atomic E-state index is 11.3. The molecule has 6 heteroatoms. The predicted octanol–water partition coefficient (Wildman–Crippen LogP) is 1.78. The predicted molar refractivity (Wildman–Crippen MR) is 76.1 cm³/mol. The molecule has 2 fully saturated rings. The Morgan fingerprint density at radius 2 is 2.19 bits per heavy atom. The van der Waals surface area contributed by atoms with E-state index in [1.807, 2.05) is 6.07 Å². The molecule has 0 aromatic heterocycles. The largest absolute Gasteiger partial charge is 0.469 e. The van der Waals surface area contributed by atoms with E-state index in [2.05, 4.69) is 10.1 Å². The summed E-state index contributed by atoms with van der Waals surface area (Å²) in [5.74, 6) is -0.0630. The van der Waals surface area contributed by atoms with Crippen molar-refractivity contribution < 1.29 is 14.5 Å². The van der Waals surface area contributed by atoms with Crippen molar-refractivity contribution in [1.82, 2.24) is 5.32 Å². The van der Waals surface area contributed by atoms with Crippen molar-refractivity contribution in [2.45, 2.75) is 25.2 Å². The molecule has 1 aliphatic heterocycles. The van der Waals surface area contributed by atoms with Crippen LogP contribution in [0, 0.1) is 15.5 Å². The molecule has 1 aromatic carbocycles. The minimum absolute atomic E-state index is 0.0191. The summed E-state index contributed by atoms with van der Waals surface area (Å²) >= 11 is 0. The van der Waals surface area contributed by atoms with Gasteiger partial charge in [0.15, 0.2) is 0 Å². The van der Waals surface area contributed by atoms with Gasteiger partial charge < -0.3 is 10.1 Å². The number of nitrogens with zero attached hydrogens (tertiary/aromatic N) is 1. The SMILES string of the molecule is COC(=O)Cc1ccc(C2CC3(CNC3)C2)cc1[N+](=O)[O-]. The number of rotatable bonds is 4. The van der Waals surface area contributed by atoms with E-state index in [4.69, 9.17) is 0 Å². The molecule has 3 rings (SSSR count). The van der Waals surface area contributed by atoms with E-state index in [-0.39, 0.29) is 12.1 Å². The molecular weight excluding hydrogens is 272 g/mol. The summed E-state index contributed by atoms with van der Waals surface area (Å²) in [6.45, 7) is 2.12. The van der Waals surface area contributed by atoms with Crippen LogP contribution in [-0.2, 0) is 16.0 Å². The highest BCUT2D eigenvalue weighted by molar-refractivity contribution is 5.74. The fourth-order valence-electron chi connectivity index (χ4n) is 3.37. The minimum atomic E-state index is -0.464. The molecule has 1 aliphatic carbocycles. The number of nitro benzene ring substituents is 1. The molecule has 2 aliphatic rings. The smallest absolute Gasteiger partial charge is 0.310 e. The monoisotopic (exact) mass is 290 g/mol. The van der Waals surface area contributed by atoms with Crippen LogP contribution in [0.15, 0.2) is 18.2 Å². The molecule has 0 radical (unpaired) electrons. The fourth-order valence-corrected chi connectivity index (χ4v) is 3.37. The third-order valence-corrected chi connectivity index (χ3v) is 4.70. The molecule has 0 atom stereocenters. The summed E-state index contributed by atoms with van der Waals surface area (Å²) in [5.41, 5.74) is 1.87. The molecule has 1 N–H and O–H groups in total. The number of benzene rings is 1. The second-order valence-electron chi connectivity index (χ2n) is 6.11. The Balaban J connectivity index is 1.79. The average molecular weight is 290 g/mol. The number of carbonyl (C=O) groups excluding carboxylic acids is 1. The van der Waals surface area contributed by atoms with Crippen LogP contribution >= 0.6 is 0 Å². The van der Waals surface area contributed by atoms with Crippen LogP contribution in [0.25, 0.3) is 0 Å². The first-order valence-electron chi connectivity index (χ1n) is 7.08. The Morgan fingerprint density at radius 3 is 2.71 bits per heavy atom. The first-order chi connectivity index (χ1) is 10.0. The van der Waals surface area contributed by atoms with Crippen molar-refractivity contribution in [3.8, 4) is 0 Å². The van der Waals surface area contributed by atoms with E-state index in [1.165, 1.54) is 7.11 Å². The Morgan fingerprint density at radius 1 is 1.48 bits per heavy atom. The molecule has 1 spiro atoms. The maximum Gasteiger partial charge on any atom is 0.310 e. The molecule has 1 saturated heterocycles. The van der Waals surface area contributed by atoms with Gasteiger partial charge in [-0.25, -0.2) is 0 Å². The highest BCUT2D eigenvalue weighted by atomic mass is 16.6. The molecular formula is C15H18N2O4. The molecule has 21 heavy (non-hydrogen) atoms. The van der Waals surface area contributed by atoms with Crippen molar-refractivity contribution >= 4 is 11.7 Å². The van der Waals surface area contributed by atoms with E-state index in [0.29, 0.717) is 16.9 Å². The Bertz CT molecular complexity index is 587. The van der Waals surface area contributed by atoms with Crippen molar-refractivity contribution in [2.24, 2.45) is 5.41 Å². The van der Waals surface area contributed by atoms with Crippen molar-refractivity contribution in [3.05, 3.63) is 39.4 Å². The third-order valence-electron chi connectivity index (χ3n) is 4.70. The Hall–Kier alpha value is -1.95. The molecule has 1 heterocycles. The van der Waals surface area contributed by atoms with Crippen LogP contribution in [0.1, 0.15) is 29.9 Å². The average Bonchev–Trinajstić information content (AvgIpc) is 2.36. The summed E-state index contributed by atoms with van der Waals surface area (Å²) in [6, 6.07) is 5.23. The molecule has 0 amide bonds. The fraction of sp³-hybridized carbons (Fsp3) is 0.533. The van der Waals surface area contributed by atoms with Crippen LogP contribution < -0.4 is 5.32 Å². The van der Waals surface area contributed by atoms with Gasteiger partial charge in [0, 0.05) is 24.7 Å². The lowest BCUT2D eigenvalue weighted by Gasteiger charge is -2.54. The van der Waals surface area contributed by atoms with Gasteiger partial charge in [0.05, 0.1) is 18.5 Å². The third kappa shape index (κ3) is 2.51. The zero-order valence-corrected chi connectivity index (χ0v) is 11.9. The summed E-state index contributed by atoms with van der Waals surface area (Å²) in [6.07, 6.45) is 2.12. The van der Waals surface area contributed by atoms with Crippen LogP contribution in [0.5, 0.6) is 0 Å². The van der Waals surface area contributed by atoms with Crippen molar-refractivity contribution in [3.63, 3.8) is 0 Å². The number of methoxy groups -OCH3 is 1. The second kappa shape index (κ2) is 5.11. The van der Waals surface area contributed by atoms with Gasteiger partial charge in [0.1, 0.15) is 0 Å². The van der Waals surface area contributed by atoms with Gasteiger partial charge in [-0.15, -0.1) is 0 Å². The van der Waals surface area contributed by atoms with Crippen LogP contribution in [0.2, 0.25) is 0 Å². The number of nitro groups is 1. The van der Waals surface area contributed by atoms with Crippen LogP contribution in [0.3, 0.4) is 0 Å². The van der Waals surface area contributed by atoms with E-state index in [9.17, 15) is 14.9 Å². The first-order valence-corrected chi connectivity index (χ1v) is 7.08. The van der Waals surface area contributed by atoms with Crippen LogP contribution in [0.4, 0.5) is 5.69 Å². The van der Waals surface area contributed by atoms with Gasteiger partial charge in [0.25, 0.3) is 5.69 Å². The van der Waals surface area contributed by atoms with Crippen molar-refractivity contribution in [1.29, 1.82) is 0 Å². The van der Waals surface area contributed by atoms with Gasteiger partial charge in [-0.1, -0.05) is 12.1 Å². The topological polar surface area (TPSA) is 81.5 Å². The van der Waals surface area contributed by atoms with Crippen molar-refractivity contribution in [2.75, 3.05) is 20.2 Å². The lowest BCUT2D eigenvalue weighted by atomic mass is 9.57. The minimum Gasteiger partial charge on any atom is -0.469 e. The second-order valence-corrected chi connectivity index (χ2v) is 6.11. The standard InChI is InChI=1S/C15H18N2O4/c1-21-14(18)5-11-3-2-10(4-13(11)17(19)20)12-6-15(7-12)8-16-9-15/h2-4,12,16H,5-9H2,1H3. The zero-order chi connectivity index (χ0) is 15.0.